The van der Waals surface area contributed by atoms with E-state index in [4.69, 9.17) is 5.26 Å². The first-order valence-electron chi connectivity index (χ1n) is 6.00. The standard InChI is InChI=1S/C15H17N3/c1-12-4-3-5-13(6-12)9-17-10-14-7-15(8-16)18(2)11-14/h3-7,11,17H,9-10H2,1-2H3. The van der Waals surface area contributed by atoms with Gasteiger partial charge in [-0.1, -0.05) is 29.8 Å². The summed E-state index contributed by atoms with van der Waals surface area (Å²) in [4.78, 5) is 0. The van der Waals surface area contributed by atoms with Crippen LogP contribution in [0.15, 0.2) is 36.5 Å². The van der Waals surface area contributed by atoms with Crippen LogP contribution in [-0.4, -0.2) is 4.57 Å². The first kappa shape index (κ1) is 12.4. The van der Waals surface area contributed by atoms with Gasteiger partial charge in [0.15, 0.2) is 0 Å². The summed E-state index contributed by atoms with van der Waals surface area (Å²) < 4.78 is 1.85. The molecule has 0 fully saturated rings. The molecule has 0 radical (unpaired) electrons. The molecule has 0 atom stereocenters. The minimum atomic E-state index is 0.697. The molecule has 1 N–H and O–H groups in total. The molecule has 2 rings (SSSR count). The molecule has 3 heteroatoms. The van der Waals surface area contributed by atoms with Gasteiger partial charge in [-0.2, -0.15) is 5.26 Å². The minimum absolute atomic E-state index is 0.697. The molecule has 0 saturated heterocycles. The summed E-state index contributed by atoms with van der Waals surface area (Å²) in [7, 11) is 1.89. The van der Waals surface area contributed by atoms with E-state index in [1.165, 1.54) is 11.1 Å². The van der Waals surface area contributed by atoms with Gasteiger partial charge in [-0.15, -0.1) is 0 Å². The van der Waals surface area contributed by atoms with E-state index in [2.05, 4.69) is 42.6 Å². The number of nitrogens with zero attached hydrogens (tertiary/aromatic N) is 2. The largest absolute Gasteiger partial charge is 0.342 e. The lowest BCUT2D eigenvalue weighted by Gasteiger charge is -2.04. The lowest BCUT2D eigenvalue weighted by Crippen LogP contribution is -2.12. The Kier molecular flexibility index (Phi) is 3.81. The Hall–Kier alpha value is -2.05. The van der Waals surface area contributed by atoms with Gasteiger partial charge in [0.1, 0.15) is 11.8 Å². The molecule has 1 heterocycles. The van der Waals surface area contributed by atoms with Crippen LogP contribution < -0.4 is 5.32 Å². The second kappa shape index (κ2) is 5.52. The van der Waals surface area contributed by atoms with E-state index in [9.17, 15) is 0 Å². The summed E-state index contributed by atoms with van der Waals surface area (Å²) in [5.74, 6) is 0. The van der Waals surface area contributed by atoms with Crippen molar-refractivity contribution in [1.82, 2.24) is 9.88 Å². The van der Waals surface area contributed by atoms with Gasteiger partial charge in [0.2, 0.25) is 0 Å². The molecule has 92 valence electrons. The number of nitriles is 1. The summed E-state index contributed by atoms with van der Waals surface area (Å²) in [6, 6.07) is 12.6. The van der Waals surface area contributed by atoms with Crippen molar-refractivity contribution in [2.24, 2.45) is 7.05 Å². The van der Waals surface area contributed by atoms with Crippen LogP contribution in [0.3, 0.4) is 0 Å². The van der Waals surface area contributed by atoms with Gasteiger partial charge >= 0.3 is 0 Å². The molecule has 0 aliphatic rings. The fraction of sp³-hybridized carbons (Fsp3) is 0.267. The van der Waals surface area contributed by atoms with Crippen molar-refractivity contribution in [1.29, 1.82) is 5.26 Å². The zero-order valence-electron chi connectivity index (χ0n) is 10.8. The maximum Gasteiger partial charge on any atom is 0.120 e. The average molecular weight is 239 g/mol. The van der Waals surface area contributed by atoms with Gasteiger partial charge in [0, 0.05) is 26.3 Å². The third kappa shape index (κ3) is 2.99. The summed E-state index contributed by atoms with van der Waals surface area (Å²) in [6.45, 7) is 3.72. The van der Waals surface area contributed by atoms with Crippen LogP contribution in [0, 0.1) is 18.3 Å². The first-order valence-corrected chi connectivity index (χ1v) is 6.00. The lowest BCUT2D eigenvalue weighted by molar-refractivity contribution is 0.692. The van der Waals surface area contributed by atoms with Crippen LogP contribution in [0.1, 0.15) is 22.4 Å². The average Bonchev–Trinajstić information content (AvgIpc) is 2.70. The third-order valence-corrected chi connectivity index (χ3v) is 2.92. The van der Waals surface area contributed by atoms with Crippen LogP contribution in [-0.2, 0) is 20.1 Å². The Labute approximate surface area is 108 Å². The molecule has 0 unspecified atom stereocenters. The summed E-state index contributed by atoms with van der Waals surface area (Å²) in [5.41, 5.74) is 4.40. The van der Waals surface area contributed by atoms with Gasteiger partial charge in [-0.05, 0) is 24.1 Å². The van der Waals surface area contributed by atoms with Gasteiger partial charge < -0.3 is 9.88 Å². The van der Waals surface area contributed by atoms with Gasteiger partial charge in [0.25, 0.3) is 0 Å². The van der Waals surface area contributed by atoms with Crippen molar-refractivity contribution in [3.8, 4) is 6.07 Å². The number of hydrogen-bond donors (Lipinski definition) is 1. The smallest absolute Gasteiger partial charge is 0.120 e. The van der Waals surface area contributed by atoms with E-state index in [0.717, 1.165) is 18.7 Å². The number of rotatable bonds is 4. The zero-order valence-corrected chi connectivity index (χ0v) is 10.8. The molecular formula is C15H17N3. The van der Waals surface area contributed by atoms with Crippen molar-refractivity contribution in [2.75, 3.05) is 0 Å². The van der Waals surface area contributed by atoms with Gasteiger partial charge in [-0.25, -0.2) is 0 Å². The summed E-state index contributed by atoms with van der Waals surface area (Å²) in [6.07, 6.45) is 1.99. The van der Waals surface area contributed by atoms with Gasteiger partial charge in [0.05, 0.1) is 0 Å². The Balaban J connectivity index is 1.90. The lowest BCUT2D eigenvalue weighted by atomic mass is 10.1. The molecule has 0 bridgehead atoms. The fourth-order valence-corrected chi connectivity index (χ4v) is 2.01. The molecule has 3 nitrogen and oxygen atoms in total. The zero-order chi connectivity index (χ0) is 13.0. The molecule has 0 aliphatic heterocycles. The second-order valence-corrected chi connectivity index (χ2v) is 4.55. The Morgan fingerprint density at radius 1 is 1.22 bits per heavy atom. The number of aromatic nitrogens is 1. The van der Waals surface area contributed by atoms with E-state index in [1.807, 2.05) is 23.9 Å². The predicted octanol–water partition coefficient (Wildman–Crippen LogP) is 2.50. The Morgan fingerprint density at radius 2 is 2.00 bits per heavy atom. The van der Waals surface area contributed by atoms with Crippen LogP contribution in [0.5, 0.6) is 0 Å². The van der Waals surface area contributed by atoms with Crippen molar-refractivity contribution in [2.45, 2.75) is 20.0 Å². The number of hydrogen-bond acceptors (Lipinski definition) is 2. The van der Waals surface area contributed by atoms with Crippen LogP contribution in [0.2, 0.25) is 0 Å². The summed E-state index contributed by atoms with van der Waals surface area (Å²) in [5, 5.41) is 12.3. The molecule has 0 aliphatic carbocycles. The van der Waals surface area contributed by atoms with E-state index in [1.54, 1.807) is 0 Å². The minimum Gasteiger partial charge on any atom is -0.342 e. The maximum absolute atomic E-state index is 8.87. The molecule has 1 aromatic carbocycles. The number of benzene rings is 1. The van der Waals surface area contributed by atoms with E-state index < -0.39 is 0 Å². The van der Waals surface area contributed by atoms with Crippen LogP contribution >= 0.6 is 0 Å². The molecule has 0 spiro atoms. The highest BCUT2D eigenvalue weighted by atomic mass is 14.9. The molecule has 0 amide bonds. The molecule has 1 aromatic heterocycles. The third-order valence-electron chi connectivity index (χ3n) is 2.92. The highest BCUT2D eigenvalue weighted by Gasteiger charge is 2.01. The quantitative estimate of drug-likeness (QED) is 0.890. The molecule has 2 aromatic rings. The molecule has 0 saturated carbocycles. The van der Waals surface area contributed by atoms with E-state index in [0.29, 0.717) is 5.69 Å². The highest BCUT2D eigenvalue weighted by molar-refractivity contribution is 5.28. The highest BCUT2D eigenvalue weighted by Crippen LogP contribution is 2.07. The van der Waals surface area contributed by atoms with Crippen LogP contribution in [0.25, 0.3) is 0 Å². The monoisotopic (exact) mass is 239 g/mol. The Bertz CT molecular complexity index is 576. The van der Waals surface area contributed by atoms with Crippen molar-refractivity contribution in [3.63, 3.8) is 0 Å². The number of nitrogens with one attached hydrogen (secondary N) is 1. The normalized spacial score (nSPS) is 10.3. The van der Waals surface area contributed by atoms with E-state index >= 15 is 0 Å². The van der Waals surface area contributed by atoms with Gasteiger partial charge in [-0.3, -0.25) is 0 Å². The fourth-order valence-electron chi connectivity index (χ4n) is 2.01. The predicted molar refractivity (Wildman–Crippen MR) is 71.9 cm³/mol. The topological polar surface area (TPSA) is 40.8 Å². The van der Waals surface area contributed by atoms with Crippen molar-refractivity contribution in [3.05, 3.63) is 58.9 Å². The van der Waals surface area contributed by atoms with E-state index in [-0.39, 0.29) is 0 Å². The summed E-state index contributed by atoms with van der Waals surface area (Å²) >= 11 is 0. The van der Waals surface area contributed by atoms with Crippen molar-refractivity contribution < 1.29 is 0 Å². The van der Waals surface area contributed by atoms with Crippen molar-refractivity contribution >= 4 is 0 Å². The molecule has 18 heavy (non-hydrogen) atoms. The SMILES string of the molecule is Cc1cccc(CNCc2cc(C#N)n(C)c2)c1. The second-order valence-electron chi connectivity index (χ2n) is 4.55. The Morgan fingerprint density at radius 3 is 2.67 bits per heavy atom. The number of aryl methyl sites for hydroxylation is 2. The molecular weight excluding hydrogens is 222 g/mol. The van der Waals surface area contributed by atoms with Crippen LogP contribution in [0.4, 0.5) is 0 Å². The first-order chi connectivity index (χ1) is 8.69. The maximum atomic E-state index is 8.87.